The number of ether oxygens (including phenoxy) is 1. The van der Waals surface area contributed by atoms with Crippen molar-refractivity contribution in [3.63, 3.8) is 0 Å². The second-order valence-corrected chi connectivity index (χ2v) is 21.4. The maximum atomic E-state index is 7.49. The van der Waals surface area contributed by atoms with E-state index < -0.39 is 0 Å². The minimum Gasteiger partial charge on any atom is -0.497 e. The molecule has 6 heteroatoms. The van der Waals surface area contributed by atoms with E-state index in [4.69, 9.17) is 14.7 Å². The largest absolute Gasteiger partial charge is 2.00 e. The van der Waals surface area contributed by atoms with Gasteiger partial charge in [-0.3, -0.25) is 0 Å². The minimum absolute atomic E-state index is 0. The third-order valence-electron chi connectivity index (χ3n) is 14.6. The van der Waals surface area contributed by atoms with Gasteiger partial charge in [0.1, 0.15) is 0 Å². The molecule has 0 spiro atoms. The SMILES string of the molecule is Cc1cccc(-c2[c-]c(Oc3[c-]c(-c4cc(-c5c(C(C)C)cccc5C(C)C)ccn4)ccc3)c3c(c2)B(c2c(C(C)C)cccc2C(C)C)c2ccccc2B3c2c(C(C)C)cccc2C(C)C)n1.[Pt+2]. The first-order valence-corrected chi connectivity index (χ1v) is 25.8. The Bertz CT molecular complexity index is 3130. The van der Waals surface area contributed by atoms with Crippen LogP contribution in [0.2, 0.25) is 0 Å². The summed E-state index contributed by atoms with van der Waals surface area (Å²) in [6, 6.07) is 56.9. The number of aryl methyl sites for hydroxylation is 1. The Morgan fingerprint density at radius 1 is 0.437 bits per heavy atom. The third-order valence-corrected chi connectivity index (χ3v) is 14.6. The van der Waals surface area contributed by atoms with Crippen molar-refractivity contribution >= 4 is 46.2 Å². The maximum Gasteiger partial charge on any atom is 2.00 e. The molecule has 3 heterocycles. The molecule has 0 fully saturated rings. The van der Waals surface area contributed by atoms with Gasteiger partial charge in [-0.1, -0.05) is 225 Å². The summed E-state index contributed by atoms with van der Waals surface area (Å²) in [6.07, 6.45) is 1.94. The molecule has 2 aromatic heterocycles. The van der Waals surface area contributed by atoms with E-state index in [0.717, 1.165) is 33.7 Å². The molecule has 1 aliphatic rings. The molecule has 8 aromatic rings. The minimum atomic E-state index is -0.143. The van der Waals surface area contributed by atoms with Gasteiger partial charge in [-0.05, 0) is 99.3 Å². The van der Waals surface area contributed by atoms with Crippen molar-refractivity contribution in [3.8, 4) is 45.1 Å². The Balaban J connectivity index is 0.00000676. The summed E-state index contributed by atoms with van der Waals surface area (Å²) in [7, 11) is 0. The van der Waals surface area contributed by atoms with Gasteiger partial charge in [-0.25, -0.2) is 0 Å². The summed E-state index contributed by atoms with van der Waals surface area (Å²) >= 11 is 0. The van der Waals surface area contributed by atoms with Crippen molar-refractivity contribution in [2.75, 3.05) is 0 Å². The second kappa shape index (κ2) is 21.5. The molecular formula is C65H68B2N2OPt. The molecule has 0 aliphatic carbocycles. The van der Waals surface area contributed by atoms with E-state index in [0.29, 0.717) is 35.2 Å². The molecule has 1 aliphatic heterocycles. The number of rotatable bonds is 13. The predicted octanol–water partition coefficient (Wildman–Crippen LogP) is 13.3. The van der Waals surface area contributed by atoms with Gasteiger partial charge < -0.3 is 14.7 Å². The Labute approximate surface area is 440 Å². The van der Waals surface area contributed by atoms with E-state index in [1.54, 1.807) is 0 Å². The van der Waals surface area contributed by atoms with Crippen LogP contribution in [0.5, 0.6) is 11.5 Å². The van der Waals surface area contributed by atoms with Crippen molar-refractivity contribution < 1.29 is 25.8 Å². The van der Waals surface area contributed by atoms with Crippen LogP contribution in [0.1, 0.15) is 158 Å². The van der Waals surface area contributed by atoms with Crippen molar-refractivity contribution in [2.24, 2.45) is 0 Å². The van der Waals surface area contributed by atoms with Crippen molar-refractivity contribution in [2.45, 2.75) is 126 Å². The fraction of sp³-hybridized carbons (Fsp3) is 0.292. The van der Waals surface area contributed by atoms with E-state index >= 15 is 0 Å². The van der Waals surface area contributed by atoms with Gasteiger partial charge in [0.15, 0.2) is 6.71 Å². The van der Waals surface area contributed by atoms with E-state index in [2.05, 4.69) is 230 Å². The monoisotopic (exact) mass is 1110 g/mol. The number of aromatic nitrogens is 2. The second-order valence-electron chi connectivity index (χ2n) is 21.4. The van der Waals surface area contributed by atoms with Gasteiger partial charge in [0, 0.05) is 23.4 Å². The summed E-state index contributed by atoms with van der Waals surface area (Å²) in [5.74, 6) is 3.25. The molecule has 71 heavy (non-hydrogen) atoms. The molecule has 360 valence electrons. The van der Waals surface area contributed by atoms with Crippen LogP contribution in [0.3, 0.4) is 0 Å². The maximum absolute atomic E-state index is 7.49. The average molecular weight is 1110 g/mol. The zero-order valence-corrected chi connectivity index (χ0v) is 46.3. The number of nitrogens with zero attached hydrogens (tertiary/aromatic N) is 2. The van der Waals surface area contributed by atoms with Gasteiger partial charge in [-0.2, -0.15) is 5.46 Å². The van der Waals surface area contributed by atoms with Gasteiger partial charge in [0.05, 0.1) is 0 Å². The van der Waals surface area contributed by atoms with Crippen LogP contribution in [0.25, 0.3) is 33.6 Å². The smallest absolute Gasteiger partial charge is 0.497 e. The summed E-state index contributed by atoms with van der Waals surface area (Å²) in [5, 5.41) is 0. The van der Waals surface area contributed by atoms with Crippen LogP contribution in [0.4, 0.5) is 0 Å². The number of hydrogen-bond donors (Lipinski definition) is 0. The van der Waals surface area contributed by atoms with Crippen LogP contribution in [0, 0.1) is 19.1 Å². The van der Waals surface area contributed by atoms with Crippen LogP contribution >= 0.6 is 0 Å². The fourth-order valence-electron chi connectivity index (χ4n) is 11.3. The molecule has 0 atom stereocenters. The molecule has 3 nitrogen and oxygen atoms in total. The first-order valence-electron chi connectivity index (χ1n) is 25.8. The summed E-state index contributed by atoms with van der Waals surface area (Å²) < 4.78 is 7.49. The number of pyridine rings is 2. The third kappa shape index (κ3) is 10.1. The van der Waals surface area contributed by atoms with E-state index in [-0.39, 0.29) is 46.3 Å². The molecule has 0 bridgehead atoms. The Hall–Kier alpha value is -5.76. The predicted molar refractivity (Wildman–Crippen MR) is 300 cm³/mol. The first-order chi connectivity index (χ1) is 33.6. The number of benzene rings is 6. The summed E-state index contributed by atoms with van der Waals surface area (Å²) in [4.78, 5) is 10.1. The van der Waals surface area contributed by atoms with Gasteiger partial charge >= 0.3 is 21.1 Å². The molecular weight excluding hydrogens is 1040 g/mol. The molecule has 0 saturated carbocycles. The van der Waals surface area contributed by atoms with Crippen molar-refractivity contribution in [1.29, 1.82) is 0 Å². The molecule has 0 unspecified atom stereocenters. The van der Waals surface area contributed by atoms with Crippen molar-refractivity contribution in [3.05, 3.63) is 191 Å². The van der Waals surface area contributed by atoms with Crippen molar-refractivity contribution in [1.82, 2.24) is 9.97 Å². The quantitative estimate of drug-likeness (QED) is 0.0852. The Morgan fingerprint density at radius 3 is 1.46 bits per heavy atom. The van der Waals surface area contributed by atoms with E-state index in [1.165, 1.54) is 71.8 Å². The van der Waals surface area contributed by atoms with Gasteiger partial charge in [0.2, 0.25) is 6.71 Å². The van der Waals surface area contributed by atoms with Crippen LogP contribution < -0.4 is 37.5 Å². The topological polar surface area (TPSA) is 35.0 Å². The van der Waals surface area contributed by atoms with Crippen LogP contribution in [0.15, 0.2) is 140 Å². The molecule has 0 radical (unpaired) electrons. The summed E-state index contributed by atoms with van der Waals surface area (Å²) in [6.45, 7) is 29.6. The zero-order chi connectivity index (χ0) is 49.5. The Kier molecular flexibility index (Phi) is 15.6. The molecule has 6 aromatic carbocycles. The van der Waals surface area contributed by atoms with E-state index in [9.17, 15) is 0 Å². The van der Waals surface area contributed by atoms with E-state index in [1.807, 2.05) is 12.3 Å². The molecule has 9 rings (SSSR count). The summed E-state index contributed by atoms with van der Waals surface area (Å²) in [5.41, 5.74) is 22.9. The number of fused-ring (bicyclic) bond motifs is 2. The number of hydrogen-bond acceptors (Lipinski definition) is 3. The zero-order valence-electron chi connectivity index (χ0n) is 44.0. The molecule has 0 amide bonds. The van der Waals surface area contributed by atoms with Gasteiger partial charge in [-0.15, -0.1) is 40.9 Å². The van der Waals surface area contributed by atoms with Crippen LogP contribution in [-0.4, -0.2) is 23.4 Å². The molecule has 0 saturated heterocycles. The van der Waals surface area contributed by atoms with Gasteiger partial charge in [0.25, 0.3) is 0 Å². The standard InChI is InChI=1S/C65H68B2N2O.Pt/c1-39(2)50-24-18-25-51(40(3)4)62(50)47-33-34-68-60(37-47)46-22-17-23-49(35-46)70-61-38-48(59-32-16-21-45(13)69-59)36-58-65(61)67(64-54(43(9)10)28-20-29-55(64)44(11)12)57-31-15-14-30-56(57)66(58)63-52(41(5)6)26-19-27-53(63)42(7)8;/h14-34,36-37,39-44H,1-13H3;/q-2;+2. The Morgan fingerprint density at radius 2 is 0.930 bits per heavy atom. The first kappa shape index (κ1) is 51.6. The fourth-order valence-corrected chi connectivity index (χ4v) is 11.3. The average Bonchev–Trinajstić information content (AvgIpc) is 3.34. The normalized spacial score (nSPS) is 12.3. The van der Waals surface area contributed by atoms with Crippen LogP contribution in [-0.2, 0) is 21.1 Å². The molecule has 0 N–H and O–H groups in total.